The molecule has 10 heteroatoms. The van der Waals surface area contributed by atoms with Gasteiger partial charge in [-0.05, 0) is 25.2 Å². The zero-order chi connectivity index (χ0) is 24.3. The maximum Gasteiger partial charge on any atom is 0.326 e. The lowest BCUT2D eigenvalue weighted by Gasteiger charge is -2.32. The van der Waals surface area contributed by atoms with Crippen LogP contribution in [0.25, 0.3) is 0 Å². The quantitative estimate of drug-likeness (QED) is 0.313. The third-order valence-electron chi connectivity index (χ3n) is 5.55. The van der Waals surface area contributed by atoms with Gasteiger partial charge in [-0.1, -0.05) is 27.2 Å². The zero-order valence-corrected chi connectivity index (χ0v) is 19.4. The molecule has 0 saturated carbocycles. The first kappa shape index (κ1) is 27.9. The summed E-state index contributed by atoms with van der Waals surface area (Å²) in [6.45, 7) is 7.14. The number of likely N-dealkylation sites (tertiary alicyclic amines) is 1. The van der Waals surface area contributed by atoms with Crippen LogP contribution in [-0.2, 0) is 28.7 Å². The Morgan fingerprint density at radius 3 is 2.09 bits per heavy atom. The topological polar surface area (TPSA) is 102 Å². The molecule has 1 fully saturated rings. The van der Waals surface area contributed by atoms with Gasteiger partial charge in [0.15, 0.2) is 0 Å². The van der Waals surface area contributed by atoms with Crippen LogP contribution in [0.4, 0.5) is 8.78 Å². The fourth-order valence-electron chi connectivity index (χ4n) is 3.77. The number of esters is 2. The maximum atomic E-state index is 14.0. The average molecular weight is 463 g/mol. The number of aldehydes is 1. The number of amides is 1. The molecule has 1 amide bonds. The van der Waals surface area contributed by atoms with Crippen LogP contribution >= 0.6 is 0 Å². The Morgan fingerprint density at radius 2 is 1.62 bits per heavy atom. The van der Waals surface area contributed by atoms with E-state index in [1.165, 1.54) is 11.8 Å². The smallest absolute Gasteiger partial charge is 0.326 e. The molecule has 1 aliphatic heterocycles. The fourth-order valence-corrected chi connectivity index (χ4v) is 3.77. The summed E-state index contributed by atoms with van der Waals surface area (Å²) in [6, 6.07) is -2.26. The molecule has 0 aromatic carbocycles. The number of rotatable bonds is 14. The van der Waals surface area contributed by atoms with Crippen molar-refractivity contribution < 1.29 is 37.4 Å². The number of ether oxygens (including phenoxy) is 2. The van der Waals surface area contributed by atoms with E-state index in [9.17, 15) is 28.0 Å². The van der Waals surface area contributed by atoms with E-state index < -0.39 is 42.7 Å². The van der Waals surface area contributed by atoms with Crippen molar-refractivity contribution >= 4 is 24.1 Å². The highest BCUT2D eigenvalue weighted by Crippen LogP contribution is 2.33. The minimum Gasteiger partial charge on any atom is -0.430 e. The summed E-state index contributed by atoms with van der Waals surface area (Å²) in [4.78, 5) is 50.0. The molecule has 6 atom stereocenters. The van der Waals surface area contributed by atoms with Crippen LogP contribution in [0.3, 0.4) is 0 Å². The van der Waals surface area contributed by atoms with Crippen molar-refractivity contribution in [2.75, 3.05) is 13.1 Å². The summed E-state index contributed by atoms with van der Waals surface area (Å²) in [5.41, 5.74) is 0. The largest absolute Gasteiger partial charge is 0.430 e. The molecule has 0 aromatic rings. The number of nitrogens with one attached hydrogen (secondary N) is 1. The Labute approximate surface area is 188 Å². The van der Waals surface area contributed by atoms with E-state index in [1.807, 2.05) is 6.92 Å². The minimum atomic E-state index is -1.83. The van der Waals surface area contributed by atoms with E-state index in [0.717, 1.165) is 0 Å². The third-order valence-corrected chi connectivity index (χ3v) is 5.55. The van der Waals surface area contributed by atoms with Crippen LogP contribution in [-0.4, -0.2) is 66.9 Å². The Kier molecular flexibility index (Phi) is 12.3. The molecule has 184 valence electrons. The molecule has 1 N–H and O–H groups in total. The molecular weight excluding hydrogens is 426 g/mol. The van der Waals surface area contributed by atoms with Gasteiger partial charge in [0, 0.05) is 38.8 Å². The second kappa shape index (κ2) is 14.1. The van der Waals surface area contributed by atoms with Crippen molar-refractivity contribution in [2.24, 2.45) is 11.8 Å². The van der Waals surface area contributed by atoms with Gasteiger partial charge in [-0.25, -0.2) is 8.78 Å². The summed E-state index contributed by atoms with van der Waals surface area (Å²) in [5.74, 6) is -3.17. The molecule has 0 radical (unpaired) electrons. The van der Waals surface area contributed by atoms with Crippen LogP contribution in [0.15, 0.2) is 0 Å². The summed E-state index contributed by atoms with van der Waals surface area (Å²) >= 11 is 0. The predicted octanol–water partition coefficient (Wildman–Crippen LogP) is 2.68. The van der Waals surface area contributed by atoms with Gasteiger partial charge in [0.25, 0.3) is 0 Å². The van der Waals surface area contributed by atoms with Gasteiger partial charge in [0.05, 0.1) is 0 Å². The summed E-state index contributed by atoms with van der Waals surface area (Å²) in [6.07, 6.45) is -1.59. The number of hydrogen-bond donors (Lipinski definition) is 1. The average Bonchev–Trinajstić information content (AvgIpc) is 3.09. The highest BCUT2D eigenvalue weighted by atomic mass is 19.1. The number of halogens is 2. The van der Waals surface area contributed by atoms with Crippen LogP contribution in [0.1, 0.15) is 66.2 Å². The van der Waals surface area contributed by atoms with E-state index in [0.29, 0.717) is 25.5 Å². The Bertz CT molecular complexity index is 636. The molecule has 0 spiro atoms. The van der Waals surface area contributed by atoms with E-state index >= 15 is 0 Å². The van der Waals surface area contributed by atoms with E-state index in [-0.39, 0.29) is 44.2 Å². The molecule has 0 aromatic heterocycles. The standard InChI is InChI=1S/C22H36F2N2O6/c1-5-8-18(23)31-21(29)17-10-16(13-27)20(22(30)32-19(24)9-6-2)26(17)12-15(7-3)11-25-14(4)28/h13,15-20H,5-12H2,1-4H3,(H,25,28)/t15?,16-,17-,18?,19?,20-/m1/s1. The molecule has 0 bridgehead atoms. The Balaban J connectivity index is 3.15. The molecule has 0 aliphatic carbocycles. The number of nitrogens with zero attached hydrogens (tertiary/aromatic N) is 1. The molecule has 1 heterocycles. The first-order valence-corrected chi connectivity index (χ1v) is 11.3. The van der Waals surface area contributed by atoms with Crippen LogP contribution < -0.4 is 5.32 Å². The van der Waals surface area contributed by atoms with Crippen molar-refractivity contribution in [1.82, 2.24) is 10.2 Å². The first-order chi connectivity index (χ1) is 15.2. The number of hydrogen-bond acceptors (Lipinski definition) is 7. The lowest BCUT2D eigenvalue weighted by molar-refractivity contribution is -0.170. The second-order valence-electron chi connectivity index (χ2n) is 8.18. The second-order valence-corrected chi connectivity index (χ2v) is 8.18. The van der Waals surface area contributed by atoms with Gasteiger partial charge < -0.3 is 19.6 Å². The van der Waals surface area contributed by atoms with Gasteiger partial charge >= 0.3 is 11.9 Å². The van der Waals surface area contributed by atoms with Crippen LogP contribution in [0, 0.1) is 11.8 Å². The molecule has 3 unspecified atom stereocenters. The van der Waals surface area contributed by atoms with Crippen molar-refractivity contribution in [3.8, 4) is 0 Å². The third kappa shape index (κ3) is 8.44. The number of alkyl halides is 2. The lowest BCUT2D eigenvalue weighted by Crippen LogP contribution is -2.50. The highest BCUT2D eigenvalue weighted by Gasteiger charge is 2.50. The van der Waals surface area contributed by atoms with E-state index in [1.54, 1.807) is 13.8 Å². The fraction of sp³-hybridized carbons (Fsp3) is 0.818. The van der Waals surface area contributed by atoms with Crippen LogP contribution in [0.2, 0.25) is 0 Å². The van der Waals surface area contributed by atoms with Gasteiger partial charge in [-0.15, -0.1) is 0 Å². The molecule has 1 rings (SSSR count). The lowest BCUT2D eigenvalue weighted by atomic mass is 10.0. The minimum absolute atomic E-state index is 0.0103. The molecular formula is C22H36F2N2O6. The monoisotopic (exact) mass is 462 g/mol. The SMILES string of the molecule is CCCC(F)OC(=O)[C@H]1C[C@H](C=O)[C@H](C(=O)OC(F)CCC)N1CC(CC)CNC(C)=O. The van der Waals surface area contributed by atoms with E-state index in [2.05, 4.69) is 5.32 Å². The molecule has 1 saturated heterocycles. The van der Waals surface area contributed by atoms with E-state index in [4.69, 9.17) is 9.47 Å². The predicted molar refractivity (Wildman–Crippen MR) is 113 cm³/mol. The van der Waals surface area contributed by atoms with Crippen molar-refractivity contribution in [3.63, 3.8) is 0 Å². The zero-order valence-electron chi connectivity index (χ0n) is 19.4. The van der Waals surface area contributed by atoms with Crippen molar-refractivity contribution in [3.05, 3.63) is 0 Å². The van der Waals surface area contributed by atoms with Crippen molar-refractivity contribution in [2.45, 2.75) is 91.0 Å². The number of carbonyl (C=O) groups excluding carboxylic acids is 4. The molecule has 8 nitrogen and oxygen atoms in total. The highest BCUT2D eigenvalue weighted by molar-refractivity contribution is 5.85. The summed E-state index contributed by atoms with van der Waals surface area (Å²) in [5, 5.41) is 2.69. The van der Waals surface area contributed by atoms with Crippen molar-refractivity contribution in [1.29, 1.82) is 0 Å². The van der Waals surface area contributed by atoms with Gasteiger partial charge in [-0.3, -0.25) is 19.3 Å². The van der Waals surface area contributed by atoms with Gasteiger partial charge in [-0.2, -0.15) is 0 Å². The van der Waals surface area contributed by atoms with Gasteiger partial charge in [0.1, 0.15) is 18.4 Å². The van der Waals surface area contributed by atoms with Gasteiger partial charge in [0.2, 0.25) is 18.6 Å². The normalized spacial score (nSPS) is 23.8. The first-order valence-electron chi connectivity index (χ1n) is 11.3. The Hall–Kier alpha value is -2.10. The molecule has 32 heavy (non-hydrogen) atoms. The Morgan fingerprint density at radius 1 is 1.06 bits per heavy atom. The molecule has 1 aliphatic rings. The number of carbonyl (C=O) groups is 4. The maximum absolute atomic E-state index is 14.0. The summed E-state index contributed by atoms with van der Waals surface area (Å²) < 4.78 is 37.7. The summed E-state index contributed by atoms with van der Waals surface area (Å²) in [7, 11) is 0. The van der Waals surface area contributed by atoms with Crippen LogP contribution in [0.5, 0.6) is 0 Å².